The fraction of sp³-hybridized carbons (Fsp3) is 0.360. The monoisotopic (exact) mass is 439 g/mol. The number of hydrogen-bond acceptors (Lipinski definition) is 6. The lowest BCUT2D eigenvalue weighted by Gasteiger charge is -2.31. The van der Waals surface area contributed by atoms with Gasteiger partial charge in [0.25, 0.3) is 0 Å². The SMILES string of the molecule is CCOC(=O)C1CCN(Cc2c(O)cc(C)c3c2OC(=Cc2ccc(F)cc2)C3=O)CC1. The number of fused-ring (bicyclic) bond motifs is 1. The van der Waals surface area contributed by atoms with Crippen LogP contribution < -0.4 is 4.74 Å². The van der Waals surface area contributed by atoms with E-state index in [2.05, 4.69) is 4.90 Å². The van der Waals surface area contributed by atoms with Crippen LogP contribution in [0.25, 0.3) is 6.08 Å². The zero-order chi connectivity index (χ0) is 22.8. The Morgan fingerprint density at radius 1 is 1.28 bits per heavy atom. The average molecular weight is 439 g/mol. The fourth-order valence-corrected chi connectivity index (χ4v) is 4.25. The molecule has 0 radical (unpaired) electrons. The predicted molar refractivity (Wildman–Crippen MR) is 117 cm³/mol. The molecule has 7 heteroatoms. The van der Waals surface area contributed by atoms with E-state index in [9.17, 15) is 19.1 Å². The number of esters is 1. The highest BCUT2D eigenvalue weighted by atomic mass is 19.1. The van der Waals surface area contributed by atoms with Gasteiger partial charge in [-0.2, -0.15) is 0 Å². The van der Waals surface area contributed by atoms with Gasteiger partial charge < -0.3 is 14.6 Å². The number of phenolic OH excluding ortho intramolecular Hbond substituents is 1. The number of piperidine rings is 1. The second kappa shape index (κ2) is 9.12. The second-order valence-electron chi connectivity index (χ2n) is 8.19. The number of carbonyl (C=O) groups is 2. The van der Waals surface area contributed by atoms with E-state index in [0.717, 1.165) is 0 Å². The second-order valence-corrected chi connectivity index (χ2v) is 8.19. The van der Waals surface area contributed by atoms with Crippen molar-refractivity contribution in [2.24, 2.45) is 5.92 Å². The quantitative estimate of drug-likeness (QED) is 0.555. The molecule has 2 aliphatic heterocycles. The van der Waals surface area contributed by atoms with E-state index < -0.39 is 0 Å². The molecule has 6 nitrogen and oxygen atoms in total. The first-order valence-electron chi connectivity index (χ1n) is 10.8. The number of phenols is 1. The molecular weight excluding hydrogens is 413 g/mol. The minimum Gasteiger partial charge on any atom is -0.507 e. The van der Waals surface area contributed by atoms with E-state index in [-0.39, 0.29) is 35.0 Å². The standard InChI is InChI=1S/C25H26FNO5/c1-3-31-25(30)17-8-10-27(11-9-17)14-19-20(28)12-15(2)22-23(29)21(32-24(19)22)13-16-4-6-18(26)7-5-16/h4-7,12-13,17,28H,3,8-11,14H2,1-2H3. The first-order chi connectivity index (χ1) is 15.4. The van der Waals surface area contributed by atoms with E-state index in [4.69, 9.17) is 9.47 Å². The number of rotatable bonds is 5. The van der Waals surface area contributed by atoms with Crippen molar-refractivity contribution in [3.63, 3.8) is 0 Å². The minimum absolute atomic E-state index is 0.0737. The third kappa shape index (κ3) is 4.39. The maximum atomic E-state index is 13.2. The molecule has 2 heterocycles. The van der Waals surface area contributed by atoms with Crippen LogP contribution in [0.1, 0.15) is 46.8 Å². The Morgan fingerprint density at radius 2 is 1.97 bits per heavy atom. The highest BCUT2D eigenvalue weighted by Crippen LogP contribution is 2.42. The summed E-state index contributed by atoms with van der Waals surface area (Å²) in [7, 11) is 0. The van der Waals surface area contributed by atoms with Gasteiger partial charge in [0.05, 0.1) is 23.7 Å². The van der Waals surface area contributed by atoms with Crippen LogP contribution in [0.4, 0.5) is 4.39 Å². The molecule has 2 aromatic carbocycles. The summed E-state index contributed by atoms with van der Waals surface area (Å²) < 4.78 is 24.3. The molecule has 32 heavy (non-hydrogen) atoms. The Labute approximate surface area is 186 Å². The first-order valence-corrected chi connectivity index (χ1v) is 10.8. The zero-order valence-electron chi connectivity index (χ0n) is 18.2. The van der Waals surface area contributed by atoms with E-state index in [0.29, 0.717) is 67.1 Å². The van der Waals surface area contributed by atoms with Crippen LogP contribution >= 0.6 is 0 Å². The van der Waals surface area contributed by atoms with Crippen LogP contribution in [0, 0.1) is 18.7 Å². The molecule has 1 saturated heterocycles. The van der Waals surface area contributed by atoms with Gasteiger partial charge in [-0.3, -0.25) is 14.5 Å². The van der Waals surface area contributed by atoms with Gasteiger partial charge >= 0.3 is 5.97 Å². The molecular formula is C25H26FNO5. The van der Waals surface area contributed by atoms with Gasteiger partial charge in [0.2, 0.25) is 5.78 Å². The number of likely N-dealkylation sites (tertiary alicyclic amines) is 1. The van der Waals surface area contributed by atoms with Crippen LogP contribution in [0.5, 0.6) is 11.5 Å². The highest BCUT2D eigenvalue weighted by Gasteiger charge is 2.34. The van der Waals surface area contributed by atoms with Crippen LogP contribution in [0.15, 0.2) is 36.1 Å². The van der Waals surface area contributed by atoms with Gasteiger partial charge in [0, 0.05) is 6.54 Å². The Balaban J connectivity index is 1.55. The summed E-state index contributed by atoms with van der Waals surface area (Å²) in [5, 5.41) is 10.6. The van der Waals surface area contributed by atoms with Crippen molar-refractivity contribution < 1.29 is 28.6 Å². The summed E-state index contributed by atoms with van der Waals surface area (Å²) in [6, 6.07) is 7.37. The van der Waals surface area contributed by atoms with Gasteiger partial charge in [-0.1, -0.05) is 12.1 Å². The summed E-state index contributed by atoms with van der Waals surface area (Å²) in [6.45, 7) is 5.70. The molecule has 2 aromatic rings. The maximum Gasteiger partial charge on any atom is 0.309 e. The Morgan fingerprint density at radius 3 is 2.62 bits per heavy atom. The van der Waals surface area contributed by atoms with Gasteiger partial charge in [-0.15, -0.1) is 0 Å². The third-order valence-corrected chi connectivity index (χ3v) is 5.98. The van der Waals surface area contributed by atoms with Crippen molar-refractivity contribution in [1.29, 1.82) is 0 Å². The number of carbonyl (C=O) groups excluding carboxylic acids is 2. The Bertz CT molecular complexity index is 1070. The Kier molecular flexibility index (Phi) is 6.28. The van der Waals surface area contributed by atoms with Crippen molar-refractivity contribution >= 4 is 17.8 Å². The van der Waals surface area contributed by atoms with Crippen LogP contribution in [-0.4, -0.2) is 41.5 Å². The molecule has 0 atom stereocenters. The number of aromatic hydroxyl groups is 1. The number of ketones is 1. The molecule has 0 bridgehead atoms. The molecule has 168 valence electrons. The number of ether oxygens (including phenoxy) is 2. The van der Waals surface area contributed by atoms with E-state index in [1.807, 2.05) is 0 Å². The van der Waals surface area contributed by atoms with Gasteiger partial charge in [0.15, 0.2) is 5.76 Å². The number of halogens is 1. The van der Waals surface area contributed by atoms with Crippen LogP contribution in [-0.2, 0) is 16.1 Å². The van der Waals surface area contributed by atoms with Gasteiger partial charge in [0.1, 0.15) is 17.3 Å². The summed E-state index contributed by atoms with van der Waals surface area (Å²) in [5.41, 5.74) is 2.27. The van der Waals surface area contributed by atoms with Crippen molar-refractivity contribution in [1.82, 2.24) is 4.90 Å². The lowest BCUT2D eigenvalue weighted by Crippen LogP contribution is -2.36. The molecule has 0 spiro atoms. The molecule has 0 unspecified atom stereocenters. The van der Waals surface area contributed by atoms with Crippen molar-refractivity contribution in [2.75, 3.05) is 19.7 Å². The zero-order valence-corrected chi connectivity index (χ0v) is 18.2. The summed E-state index contributed by atoms with van der Waals surface area (Å²) in [4.78, 5) is 27.1. The number of allylic oxidation sites excluding steroid dienone is 1. The van der Waals surface area contributed by atoms with Crippen LogP contribution in [0.3, 0.4) is 0 Å². The number of nitrogens with zero attached hydrogens (tertiary/aromatic N) is 1. The van der Waals surface area contributed by atoms with E-state index >= 15 is 0 Å². The molecule has 2 aliphatic rings. The number of Topliss-reactive ketones (excluding diaryl/α,β-unsaturated/α-hetero) is 1. The topological polar surface area (TPSA) is 76.1 Å². The minimum atomic E-state index is -0.358. The average Bonchev–Trinajstić information content (AvgIpc) is 3.09. The highest BCUT2D eigenvalue weighted by molar-refractivity contribution is 6.15. The smallest absolute Gasteiger partial charge is 0.309 e. The summed E-state index contributed by atoms with van der Waals surface area (Å²) >= 11 is 0. The first kappa shape index (κ1) is 22.0. The number of benzene rings is 2. The number of hydrogen-bond donors (Lipinski definition) is 1. The molecule has 4 rings (SSSR count). The predicted octanol–water partition coefficient (Wildman–Crippen LogP) is 4.23. The van der Waals surface area contributed by atoms with E-state index in [1.165, 1.54) is 12.1 Å². The molecule has 1 N–H and O–H groups in total. The van der Waals surface area contributed by atoms with Gasteiger partial charge in [-0.25, -0.2) is 4.39 Å². The molecule has 0 amide bonds. The normalized spacial score (nSPS) is 18.0. The van der Waals surface area contributed by atoms with Crippen molar-refractivity contribution in [3.8, 4) is 11.5 Å². The largest absolute Gasteiger partial charge is 0.507 e. The van der Waals surface area contributed by atoms with E-state index in [1.54, 1.807) is 38.1 Å². The lowest BCUT2D eigenvalue weighted by atomic mass is 9.95. The van der Waals surface area contributed by atoms with Crippen molar-refractivity contribution in [3.05, 3.63) is 64.2 Å². The number of aryl methyl sites for hydroxylation is 1. The molecule has 0 aliphatic carbocycles. The summed E-state index contributed by atoms with van der Waals surface area (Å²) in [5.74, 6) is -0.295. The molecule has 0 aromatic heterocycles. The van der Waals surface area contributed by atoms with Crippen LogP contribution in [0.2, 0.25) is 0 Å². The maximum absolute atomic E-state index is 13.2. The fourth-order valence-electron chi connectivity index (χ4n) is 4.25. The van der Waals surface area contributed by atoms with Gasteiger partial charge in [-0.05, 0) is 75.2 Å². The lowest BCUT2D eigenvalue weighted by molar-refractivity contribution is -0.149. The molecule has 0 saturated carbocycles. The molecule has 1 fully saturated rings. The Hall–Kier alpha value is -3.19. The third-order valence-electron chi connectivity index (χ3n) is 5.98. The summed E-state index contributed by atoms with van der Waals surface area (Å²) in [6.07, 6.45) is 2.94. The van der Waals surface area contributed by atoms with Crippen molar-refractivity contribution in [2.45, 2.75) is 33.2 Å².